The molecule has 0 N–H and O–H groups in total. The van der Waals surface area contributed by atoms with Crippen LogP contribution in [0.5, 0.6) is 0 Å². The molecular weight excluding hydrogens is 145 g/mol. The second kappa shape index (κ2) is 5.24. The van der Waals surface area contributed by atoms with E-state index in [1.807, 2.05) is 0 Å². The summed E-state index contributed by atoms with van der Waals surface area (Å²) in [6.45, 7) is 2.29. The Balaban J connectivity index is 2.30. The number of hydrogen-bond acceptors (Lipinski definition) is 1. The Morgan fingerprint density at radius 3 is 2.17 bits per heavy atom. The van der Waals surface area contributed by atoms with E-state index in [0.29, 0.717) is 5.92 Å². The molecule has 0 atom stereocenters. The standard InChI is InChI=1S/C10H18BN/c1-11-10-6-2-4-9(8-12)5-3-7-10/h9-11H,2-7H2,1H3. The van der Waals surface area contributed by atoms with Crippen molar-refractivity contribution in [2.45, 2.75) is 51.2 Å². The summed E-state index contributed by atoms with van der Waals surface area (Å²) in [5.74, 6) is 1.31. The van der Waals surface area contributed by atoms with Crippen LogP contribution in [-0.2, 0) is 0 Å². The van der Waals surface area contributed by atoms with Gasteiger partial charge in [0.05, 0.1) is 6.07 Å². The van der Waals surface area contributed by atoms with Gasteiger partial charge in [0.2, 0.25) is 0 Å². The molecule has 0 saturated heterocycles. The molecule has 66 valence electrons. The first-order valence-electron chi connectivity index (χ1n) is 5.26. The van der Waals surface area contributed by atoms with Gasteiger partial charge in [-0.2, -0.15) is 5.26 Å². The molecule has 12 heavy (non-hydrogen) atoms. The zero-order valence-corrected chi connectivity index (χ0v) is 8.05. The molecule has 0 radical (unpaired) electrons. The highest BCUT2D eigenvalue weighted by atomic mass is 14.3. The molecule has 1 nitrogen and oxygen atoms in total. The first-order valence-corrected chi connectivity index (χ1v) is 5.26. The molecule has 0 aromatic rings. The maximum Gasteiger partial charge on any atom is 0.120 e. The molecule has 2 heteroatoms. The van der Waals surface area contributed by atoms with Crippen molar-refractivity contribution in [1.29, 1.82) is 5.26 Å². The Bertz CT molecular complexity index is 152. The summed E-state index contributed by atoms with van der Waals surface area (Å²) in [5, 5.41) is 8.78. The van der Waals surface area contributed by atoms with Crippen molar-refractivity contribution in [2.75, 3.05) is 0 Å². The maximum atomic E-state index is 8.78. The number of rotatable bonds is 1. The minimum absolute atomic E-state index is 0.364. The van der Waals surface area contributed by atoms with E-state index in [-0.39, 0.29) is 0 Å². The monoisotopic (exact) mass is 163 g/mol. The molecule has 0 unspecified atom stereocenters. The molecular formula is C10H18BN. The average molecular weight is 163 g/mol. The highest BCUT2D eigenvalue weighted by Crippen LogP contribution is 2.28. The Kier molecular flexibility index (Phi) is 4.21. The van der Waals surface area contributed by atoms with Gasteiger partial charge in [0, 0.05) is 5.92 Å². The lowest BCUT2D eigenvalue weighted by Gasteiger charge is -2.19. The molecule has 0 aliphatic heterocycles. The van der Waals surface area contributed by atoms with Gasteiger partial charge >= 0.3 is 0 Å². The van der Waals surface area contributed by atoms with Crippen LogP contribution in [0.15, 0.2) is 0 Å². The van der Waals surface area contributed by atoms with Gasteiger partial charge in [-0.1, -0.05) is 38.3 Å². The Labute approximate surface area is 76.4 Å². The van der Waals surface area contributed by atoms with E-state index < -0.39 is 0 Å². The predicted octanol–water partition coefficient (Wildman–Crippen LogP) is 2.75. The van der Waals surface area contributed by atoms with Crippen LogP contribution in [0.4, 0.5) is 0 Å². The van der Waals surface area contributed by atoms with Gasteiger partial charge in [-0.25, -0.2) is 0 Å². The van der Waals surface area contributed by atoms with Gasteiger partial charge in [-0.3, -0.25) is 0 Å². The van der Waals surface area contributed by atoms with Gasteiger partial charge < -0.3 is 0 Å². The molecule has 1 saturated carbocycles. The fraction of sp³-hybridized carbons (Fsp3) is 0.900. The summed E-state index contributed by atoms with van der Waals surface area (Å²) in [4.78, 5) is 0. The number of nitriles is 1. The van der Waals surface area contributed by atoms with Crippen LogP contribution < -0.4 is 0 Å². The third-order valence-corrected chi connectivity index (χ3v) is 3.09. The molecule has 0 aromatic carbocycles. The summed E-state index contributed by atoms with van der Waals surface area (Å²) in [7, 11) is 1.33. The third-order valence-electron chi connectivity index (χ3n) is 3.09. The van der Waals surface area contributed by atoms with Gasteiger partial charge in [-0.15, -0.1) is 0 Å². The van der Waals surface area contributed by atoms with Crippen molar-refractivity contribution in [3.05, 3.63) is 0 Å². The van der Waals surface area contributed by atoms with E-state index in [2.05, 4.69) is 12.9 Å². The molecule has 1 aliphatic rings. The highest BCUT2D eigenvalue weighted by Gasteiger charge is 2.15. The van der Waals surface area contributed by atoms with E-state index in [1.165, 1.54) is 33.0 Å². The van der Waals surface area contributed by atoms with Gasteiger partial charge in [0.25, 0.3) is 0 Å². The van der Waals surface area contributed by atoms with Crippen molar-refractivity contribution in [2.24, 2.45) is 5.92 Å². The maximum absolute atomic E-state index is 8.78. The van der Waals surface area contributed by atoms with E-state index in [0.717, 1.165) is 18.7 Å². The first kappa shape index (κ1) is 9.64. The molecule has 1 fully saturated rings. The molecule has 0 heterocycles. The van der Waals surface area contributed by atoms with Crippen molar-refractivity contribution < 1.29 is 0 Å². The summed E-state index contributed by atoms with van der Waals surface area (Å²) in [5.41, 5.74) is 0. The summed E-state index contributed by atoms with van der Waals surface area (Å²) in [6, 6.07) is 2.40. The fourth-order valence-electron chi connectivity index (χ4n) is 2.13. The Morgan fingerprint density at radius 2 is 1.75 bits per heavy atom. The van der Waals surface area contributed by atoms with Gasteiger partial charge in [0.15, 0.2) is 0 Å². The minimum atomic E-state index is 0.364. The van der Waals surface area contributed by atoms with Crippen LogP contribution in [0.2, 0.25) is 12.6 Å². The molecule has 1 aliphatic carbocycles. The van der Waals surface area contributed by atoms with Crippen LogP contribution in [0.1, 0.15) is 38.5 Å². The number of hydrogen-bond donors (Lipinski definition) is 0. The van der Waals surface area contributed by atoms with Crippen molar-refractivity contribution in [1.82, 2.24) is 0 Å². The minimum Gasteiger partial charge on any atom is -0.198 e. The largest absolute Gasteiger partial charge is 0.198 e. The zero-order chi connectivity index (χ0) is 8.81. The second-order valence-corrected chi connectivity index (χ2v) is 3.96. The predicted molar refractivity (Wildman–Crippen MR) is 53.6 cm³/mol. The Morgan fingerprint density at radius 1 is 1.17 bits per heavy atom. The fourth-order valence-corrected chi connectivity index (χ4v) is 2.13. The highest BCUT2D eigenvalue weighted by molar-refractivity contribution is 6.35. The van der Waals surface area contributed by atoms with Crippen LogP contribution in [0, 0.1) is 17.2 Å². The SMILES string of the molecule is CBC1CCCC(C#N)CCC1. The topological polar surface area (TPSA) is 23.8 Å². The lowest BCUT2D eigenvalue weighted by Crippen LogP contribution is -2.07. The van der Waals surface area contributed by atoms with E-state index in [4.69, 9.17) is 5.26 Å². The van der Waals surface area contributed by atoms with E-state index >= 15 is 0 Å². The summed E-state index contributed by atoms with van der Waals surface area (Å²) < 4.78 is 0. The van der Waals surface area contributed by atoms with E-state index in [1.54, 1.807) is 0 Å². The summed E-state index contributed by atoms with van der Waals surface area (Å²) >= 11 is 0. The first-order chi connectivity index (χ1) is 5.86. The normalized spacial score (nSPS) is 31.3. The van der Waals surface area contributed by atoms with Crippen LogP contribution in [0.3, 0.4) is 0 Å². The second-order valence-electron chi connectivity index (χ2n) is 3.96. The smallest absolute Gasteiger partial charge is 0.120 e. The van der Waals surface area contributed by atoms with Crippen molar-refractivity contribution in [3.8, 4) is 6.07 Å². The zero-order valence-electron chi connectivity index (χ0n) is 8.05. The van der Waals surface area contributed by atoms with Crippen LogP contribution >= 0.6 is 0 Å². The van der Waals surface area contributed by atoms with Crippen LogP contribution in [-0.4, -0.2) is 7.28 Å². The Hall–Kier alpha value is -0.445. The molecule has 0 spiro atoms. The van der Waals surface area contributed by atoms with Gasteiger partial charge in [0.1, 0.15) is 7.28 Å². The molecule has 0 aromatic heterocycles. The molecule has 0 bridgehead atoms. The van der Waals surface area contributed by atoms with Crippen LogP contribution in [0.25, 0.3) is 0 Å². The van der Waals surface area contributed by atoms with Gasteiger partial charge in [-0.05, 0) is 12.8 Å². The van der Waals surface area contributed by atoms with E-state index in [9.17, 15) is 0 Å². The van der Waals surface area contributed by atoms with Crippen molar-refractivity contribution in [3.63, 3.8) is 0 Å². The number of nitrogens with zero attached hydrogens (tertiary/aromatic N) is 1. The summed E-state index contributed by atoms with van der Waals surface area (Å²) in [6.07, 6.45) is 7.55. The molecule has 1 rings (SSSR count). The van der Waals surface area contributed by atoms with Crippen molar-refractivity contribution >= 4 is 7.28 Å². The quantitative estimate of drug-likeness (QED) is 0.545. The third kappa shape index (κ3) is 2.89. The lowest BCUT2D eigenvalue weighted by atomic mass is 9.62. The lowest BCUT2D eigenvalue weighted by molar-refractivity contribution is 0.440. The molecule has 0 amide bonds. The average Bonchev–Trinajstić information content (AvgIpc) is 2.05.